The first-order valence-corrected chi connectivity index (χ1v) is 7.71. The summed E-state index contributed by atoms with van der Waals surface area (Å²) in [4.78, 5) is 0.349. The van der Waals surface area contributed by atoms with Crippen molar-refractivity contribution in [3.8, 4) is 0 Å². The number of hydrogen-bond donors (Lipinski definition) is 2. The molecule has 0 bridgehead atoms. The fourth-order valence-corrected chi connectivity index (χ4v) is 3.34. The van der Waals surface area contributed by atoms with Crippen molar-refractivity contribution < 1.29 is 8.42 Å². The van der Waals surface area contributed by atoms with Crippen LogP contribution in [-0.4, -0.2) is 21.5 Å². The second-order valence-electron chi connectivity index (χ2n) is 5.11. The first kappa shape index (κ1) is 13.4. The van der Waals surface area contributed by atoms with Gasteiger partial charge in [-0.25, -0.2) is 13.1 Å². The van der Waals surface area contributed by atoms with E-state index in [1.165, 1.54) is 7.05 Å². The Morgan fingerprint density at radius 1 is 1.28 bits per heavy atom. The summed E-state index contributed by atoms with van der Waals surface area (Å²) >= 11 is 0. The first-order valence-electron chi connectivity index (χ1n) is 6.23. The molecule has 0 unspecified atom stereocenters. The van der Waals surface area contributed by atoms with Crippen molar-refractivity contribution in [1.29, 1.82) is 0 Å². The predicted octanol–water partition coefficient (Wildman–Crippen LogP) is 2.11. The van der Waals surface area contributed by atoms with Crippen molar-refractivity contribution >= 4 is 15.7 Å². The van der Waals surface area contributed by atoms with E-state index < -0.39 is 10.0 Å². The van der Waals surface area contributed by atoms with Crippen molar-refractivity contribution in [2.24, 2.45) is 5.92 Å². The van der Waals surface area contributed by atoms with Gasteiger partial charge in [-0.05, 0) is 50.4 Å². The van der Waals surface area contributed by atoms with Gasteiger partial charge in [0.2, 0.25) is 10.0 Å². The third kappa shape index (κ3) is 2.67. The van der Waals surface area contributed by atoms with E-state index in [0.717, 1.165) is 30.0 Å². The van der Waals surface area contributed by atoms with Crippen LogP contribution in [0, 0.1) is 12.8 Å². The van der Waals surface area contributed by atoms with Gasteiger partial charge in [-0.3, -0.25) is 0 Å². The summed E-state index contributed by atoms with van der Waals surface area (Å²) in [6, 6.07) is 5.97. The van der Waals surface area contributed by atoms with E-state index in [0.29, 0.717) is 10.9 Å². The van der Waals surface area contributed by atoms with Gasteiger partial charge < -0.3 is 5.32 Å². The number of sulfonamides is 1. The normalized spacial score (nSPS) is 23.5. The van der Waals surface area contributed by atoms with E-state index in [-0.39, 0.29) is 0 Å². The highest BCUT2D eigenvalue weighted by atomic mass is 32.2. The van der Waals surface area contributed by atoms with Gasteiger partial charge in [-0.15, -0.1) is 0 Å². The maximum Gasteiger partial charge on any atom is 0.240 e. The van der Waals surface area contributed by atoms with Gasteiger partial charge in [0.15, 0.2) is 0 Å². The average Bonchev–Trinajstić information content (AvgIpc) is 2.29. The maximum absolute atomic E-state index is 11.9. The lowest BCUT2D eigenvalue weighted by Crippen LogP contribution is -2.33. The average molecular weight is 268 g/mol. The Morgan fingerprint density at radius 3 is 2.50 bits per heavy atom. The summed E-state index contributed by atoms with van der Waals surface area (Å²) in [6.45, 7) is 4.03. The minimum absolute atomic E-state index is 0.349. The van der Waals surface area contributed by atoms with Gasteiger partial charge in [-0.2, -0.15) is 0 Å². The minimum atomic E-state index is -3.38. The van der Waals surface area contributed by atoms with E-state index in [9.17, 15) is 8.42 Å². The molecule has 2 rings (SSSR count). The molecule has 0 saturated heterocycles. The summed E-state index contributed by atoms with van der Waals surface area (Å²) in [7, 11) is -1.94. The molecule has 1 aromatic carbocycles. The van der Waals surface area contributed by atoms with Crippen LogP contribution in [0.4, 0.5) is 5.69 Å². The van der Waals surface area contributed by atoms with Crippen molar-refractivity contribution in [2.45, 2.75) is 37.6 Å². The van der Waals surface area contributed by atoms with Crippen LogP contribution in [-0.2, 0) is 10.0 Å². The molecule has 4 nitrogen and oxygen atoms in total. The molecule has 0 heterocycles. The van der Waals surface area contributed by atoms with Crippen molar-refractivity contribution in [1.82, 2.24) is 4.72 Å². The van der Waals surface area contributed by atoms with Gasteiger partial charge in [0.1, 0.15) is 0 Å². The summed E-state index contributed by atoms with van der Waals surface area (Å²) < 4.78 is 26.1. The predicted molar refractivity (Wildman–Crippen MR) is 73.2 cm³/mol. The van der Waals surface area contributed by atoms with Crippen LogP contribution in [0.5, 0.6) is 0 Å². The number of benzene rings is 1. The number of anilines is 1. The van der Waals surface area contributed by atoms with Gasteiger partial charge in [0.05, 0.1) is 4.90 Å². The smallest absolute Gasteiger partial charge is 0.240 e. The molecule has 0 radical (unpaired) electrons. The van der Waals surface area contributed by atoms with E-state index >= 15 is 0 Å². The standard InChI is InChI=1S/C13H20N2O2S/c1-9-6-12(7-9)15-11-5-4-10(2)13(8-11)18(16,17)14-3/h4-5,8-9,12,14-15H,6-7H2,1-3H3. The van der Waals surface area contributed by atoms with Crippen molar-refractivity contribution in [2.75, 3.05) is 12.4 Å². The summed E-state index contributed by atoms with van der Waals surface area (Å²) in [6.07, 6.45) is 2.31. The largest absolute Gasteiger partial charge is 0.382 e. The summed E-state index contributed by atoms with van der Waals surface area (Å²) in [5, 5.41) is 3.38. The Hall–Kier alpha value is -1.07. The zero-order valence-corrected chi connectivity index (χ0v) is 11.8. The summed E-state index contributed by atoms with van der Waals surface area (Å²) in [5.74, 6) is 0.772. The van der Waals surface area contributed by atoms with Gasteiger partial charge in [0.25, 0.3) is 0 Å². The monoisotopic (exact) mass is 268 g/mol. The highest BCUT2D eigenvalue weighted by molar-refractivity contribution is 7.89. The zero-order chi connectivity index (χ0) is 13.3. The van der Waals surface area contributed by atoms with Crippen molar-refractivity contribution in [3.63, 3.8) is 0 Å². The zero-order valence-electron chi connectivity index (χ0n) is 11.0. The molecular formula is C13H20N2O2S. The second kappa shape index (κ2) is 4.90. The quantitative estimate of drug-likeness (QED) is 0.879. The molecule has 0 amide bonds. The van der Waals surface area contributed by atoms with Crippen LogP contribution in [0.3, 0.4) is 0 Å². The fraction of sp³-hybridized carbons (Fsp3) is 0.538. The Labute approximate surface area is 109 Å². The molecule has 0 aromatic heterocycles. The lowest BCUT2D eigenvalue weighted by molar-refractivity contribution is 0.309. The highest BCUT2D eigenvalue weighted by Gasteiger charge is 2.25. The number of nitrogens with one attached hydrogen (secondary N) is 2. The molecule has 100 valence electrons. The highest BCUT2D eigenvalue weighted by Crippen LogP contribution is 2.30. The van der Waals surface area contributed by atoms with E-state index in [1.54, 1.807) is 13.0 Å². The molecule has 0 atom stereocenters. The number of hydrogen-bond acceptors (Lipinski definition) is 3. The molecule has 1 saturated carbocycles. The van der Waals surface area contributed by atoms with E-state index in [1.807, 2.05) is 12.1 Å². The third-order valence-electron chi connectivity index (χ3n) is 3.49. The van der Waals surface area contributed by atoms with Crippen LogP contribution < -0.4 is 10.0 Å². The van der Waals surface area contributed by atoms with Crippen LogP contribution in [0.2, 0.25) is 0 Å². The van der Waals surface area contributed by atoms with E-state index in [2.05, 4.69) is 17.0 Å². The van der Waals surface area contributed by atoms with Crippen LogP contribution in [0.25, 0.3) is 0 Å². The lowest BCUT2D eigenvalue weighted by atomic mass is 9.82. The molecule has 1 fully saturated rings. The van der Waals surface area contributed by atoms with Gasteiger partial charge in [0, 0.05) is 11.7 Å². The van der Waals surface area contributed by atoms with Crippen LogP contribution in [0.1, 0.15) is 25.3 Å². The third-order valence-corrected chi connectivity index (χ3v) is 5.05. The minimum Gasteiger partial charge on any atom is -0.382 e. The Bertz CT molecular complexity index is 534. The molecular weight excluding hydrogens is 248 g/mol. The van der Waals surface area contributed by atoms with E-state index in [4.69, 9.17) is 0 Å². The molecule has 0 spiro atoms. The Morgan fingerprint density at radius 2 is 1.94 bits per heavy atom. The first-order chi connectivity index (χ1) is 8.42. The Balaban J connectivity index is 2.21. The fourth-order valence-electron chi connectivity index (χ4n) is 2.35. The number of aryl methyl sites for hydroxylation is 1. The number of rotatable bonds is 4. The topological polar surface area (TPSA) is 58.2 Å². The van der Waals surface area contributed by atoms with Gasteiger partial charge >= 0.3 is 0 Å². The molecule has 5 heteroatoms. The maximum atomic E-state index is 11.9. The lowest BCUT2D eigenvalue weighted by Gasteiger charge is -2.34. The molecule has 18 heavy (non-hydrogen) atoms. The Kier molecular flexibility index (Phi) is 3.64. The van der Waals surface area contributed by atoms with Crippen LogP contribution in [0.15, 0.2) is 23.1 Å². The van der Waals surface area contributed by atoms with Crippen LogP contribution >= 0.6 is 0 Å². The molecule has 1 aliphatic carbocycles. The second-order valence-corrected chi connectivity index (χ2v) is 6.96. The summed E-state index contributed by atoms with van der Waals surface area (Å²) in [5.41, 5.74) is 1.64. The molecule has 1 aliphatic rings. The molecule has 0 aliphatic heterocycles. The molecule has 1 aromatic rings. The van der Waals surface area contributed by atoms with Crippen molar-refractivity contribution in [3.05, 3.63) is 23.8 Å². The molecule has 2 N–H and O–H groups in total. The SMILES string of the molecule is CNS(=O)(=O)c1cc(NC2CC(C)C2)ccc1C. The van der Waals surface area contributed by atoms with Gasteiger partial charge in [-0.1, -0.05) is 13.0 Å².